The van der Waals surface area contributed by atoms with E-state index >= 15 is 0 Å². The van der Waals surface area contributed by atoms with Crippen LogP contribution in [0.15, 0.2) is 23.3 Å². The molecule has 1 rings (SSSR count). The lowest BCUT2D eigenvalue weighted by Gasteiger charge is -2.22. The number of rotatable bonds is 7. The van der Waals surface area contributed by atoms with Crippen LogP contribution in [-0.4, -0.2) is 47.6 Å². The molecule has 0 aliphatic carbocycles. The average molecular weight is 410 g/mol. The highest BCUT2D eigenvalue weighted by molar-refractivity contribution is 14.0. The molecule has 0 fully saturated rings. The Labute approximate surface area is 144 Å². The minimum Gasteiger partial charge on any atom is -0.357 e. The van der Waals surface area contributed by atoms with Crippen LogP contribution in [0.1, 0.15) is 19.0 Å². The third-order valence-electron chi connectivity index (χ3n) is 2.92. The molecule has 1 heterocycles. The lowest BCUT2D eigenvalue weighted by molar-refractivity contribution is 0.462. The molecule has 0 aromatic carbocycles. The van der Waals surface area contributed by atoms with Crippen LogP contribution in [0.5, 0.6) is 0 Å². The summed E-state index contributed by atoms with van der Waals surface area (Å²) in [7, 11) is 4.16. The van der Waals surface area contributed by atoms with Crippen molar-refractivity contribution in [3.63, 3.8) is 0 Å². The van der Waals surface area contributed by atoms with Crippen molar-refractivity contribution in [2.75, 3.05) is 32.1 Å². The topological polar surface area (TPSA) is 32.6 Å². The number of aromatic nitrogens is 1. The Morgan fingerprint density at radius 2 is 2.25 bits per heavy atom. The zero-order valence-corrected chi connectivity index (χ0v) is 16.1. The van der Waals surface area contributed by atoms with Crippen molar-refractivity contribution in [2.24, 2.45) is 12.0 Å². The highest BCUT2D eigenvalue weighted by Crippen LogP contribution is 2.04. The van der Waals surface area contributed by atoms with E-state index in [1.807, 2.05) is 11.8 Å². The summed E-state index contributed by atoms with van der Waals surface area (Å²) in [4.78, 5) is 6.85. The van der Waals surface area contributed by atoms with Gasteiger partial charge in [0.05, 0.1) is 6.54 Å². The van der Waals surface area contributed by atoms with E-state index in [9.17, 15) is 0 Å². The molecule has 0 unspecified atom stereocenters. The number of hydrogen-bond donors (Lipinski definition) is 1. The predicted octanol–water partition coefficient (Wildman–Crippen LogP) is 2.79. The van der Waals surface area contributed by atoms with Gasteiger partial charge in [-0.3, -0.25) is 4.99 Å². The number of nitrogens with zero attached hydrogens (tertiary/aromatic N) is 3. The van der Waals surface area contributed by atoms with E-state index in [4.69, 9.17) is 0 Å². The molecule has 116 valence electrons. The summed E-state index contributed by atoms with van der Waals surface area (Å²) in [5, 5.41) is 3.35. The molecule has 20 heavy (non-hydrogen) atoms. The van der Waals surface area contributed by atoms with Crippen LogP contribution < -0.4 is 5.32 Å². The predicted molar refractivity (Wildman–Crippen MR) is 101 cm³/mol. The number of aryl methyl sites for hydroxylation is 1. The Kier molecular flexibility index (Phi) is 11.1. The van der Waals surface area contributed by atoms with E-state index < -0.39 is 0 Å². The van der Waals surface area contributed by atoms with Gasteiger partial charge in [-0.1, -0.05) is 0 Å². The van der Waals surface area contributed by atoms with Crippen LogP contribution in [0.2, 0.25) is 0 Å². The van der Waals surface area contributed by atoms with Crippen LogP contribution in [0, 0.1) is 0 Å². The van der Waals surface area contributed by atoms with Crippen molar-refractivity contribution < 1.29 is 0 Å². The van der Waals surface area contributed by atoms with Gasteiger partial charge in [-0.05, 0) is 37.5 Å². The zero-order valence-electron chi connectivity index (χ0n) is 12.9. The Bertz CT molecular complexity index is 392. The molecule has 0 aliphatic rings. The normalized spacial score (nSPS) is 11.1. The fourth-order valence-corrected chi connectivity index (χ4v) is 2.26. The van der Waals surface area contributed by atoms with Crippen molar-refractivity contribution in [1.82, 2.24) is 14.8 Å². The Morgan fingerprint density at radius 1 is 1.50 bits per heavy atom. The first-order valence-electron chi connectivity index (χ1n) is 6.77. The zero-order chi connectivity index (χ0) is 14.1. The summed E-state index contributed by atoms with van der Waals surface area (Å²) in [6.45, 7) is 4.77. The fourth-order valence-electron chi connectivity index (χ4n) is 1.84. The van der Waals surface area contributed by atoms with Gasteiger partial charge >= 0.3 is 0 Å². The molecule has 0 spiro atoms. The molecular formula is C14H27IN4S. The van der Waals surface area contributed by atoms with Crippen molar-refractivity contribution in [3.05, 3.63) is 24.0 Å². The van der Waals surface area contributed by atoms with E-state index in [0.717, 1.165) is 32.0 Å². The molecule has 0 aliphatic heterocycles. The minimum absolute atomic E-state index is 0. The van der Waals surface area contributed by atoms with E-state index in [1.54, 1.807) is 0 Å². The van der Waals surface area contributed by atoms with Gasteiger partial charge in [0.1, 0.15) is 0 Å². The van der Waals surface area contributed by atoms with Gasteiger partial charge in [0, 0.05) is 39.1 Å². The highest BCUT2D eigenvalue weighted by atomic mass is 127. The van der Waals surface area contributed by atoms with Crippen LogP contribution in [0.25, 0.3) is 0 Å². The second-order valence-electron chi connectivity index (χ2n) is 4.55. The highest BCUT2D eigenvalue weighted by Gasteiger charge is 2.07. The summed E-state index contributed by atoms with van der Waals surface area (Å²) >= 11 is 1.87. The van der Waals surface area contributed by atoms with Crippen molar-refractivity contribution in [1.29, 1.82) is 0 Å². The maximum absolute atomic E-state index is 4.67. The smallest absolute Gasteiger partial charge is 0.194 e. The van der Waals surface area contributed by atoms with Crippen LogP contribution >= 0.6 is 35.7 Å². The number of halogens is 1. The molecule has 4 nitrogen and oxygen atoms in total. The van der Waals surface area contributed by atoms with Gasteiger partial charge < -0.3 is 14.8 Å². The molecule has 1 aromatic rings. The number of hydrogen-bond acceptors (Lipinski definition) is 2. The van der Waals surface area contributed by atoms with Crippen LogP contribution in [-0.2, 0) is 13.6 Å². The van der Waals surface area contributed by atoms with Crippen LogP contribution in [0.4, 0.5) is 0 Å². The van der Waals surface area contributed by atoms with E-state index in [0.29, 0.717) is 0 Å². The third-order valence-corrected chi connectivity index (χ3v) is 3.61. The van der Waals surface area contributed by atoms with Crippen molar-refractivity contribution in [3.8, 4) is 0 Å². The number of guanidine groups is 1. The second kappa shape index (κ2) is 11.3. The molecule has 1 aromatic heterocycles. The molecule has 0 bridgehead atoms. The van der Waals surface area contributed by atoms with E-state index in [-0.39, 0.29) is 24.0 Å². The third kappa shape index (κ3) is 6.88. The van der Waals surface area contributed by atoms with Gasteiger partial charge in [-0.2, -0.15) is 11.8 Å². The Hall–Kier alpha value is -0.370. The van der Waals surface area contributed by atoms with E-state index in [2.05, 4.69) is 65.4 Å². The van der Waals surface area contributed by atoms with Gasteiger partial charge in [-0.15, -0.1) is 24.0 Å². The van der Waals surface area contributed by atoms with Gasteiger partial charge in [0.2, 0.25) is 0 Å². The molecule has 0 saturated carbocycles. The Balaban J connectivity index is 0.00000361. The summed E-state index contributed by atoms with van der Waals surface area (Å²) in [5.41, 5.74) is 1.29. The second-order valence-corrected chi connectivity index (χ2v) is 5.53. The van der Waals surface area contributed by atoms with Gasteiger partial charge in [0.25, 0.3) is 0 Å². The minimum atomic E-state index is 0. The van der Waals surface area contributed by atoms with Gasteiger partial charge in [-0.25, -0.2) is 0 Å². The van der Waals surface area contributed by atoms with Crippen molar-refractivity contribution in [2.45, 2.75) is 19.9 Å². The fraction of sp³-hybridized carbons (Fsp3) is 0.643. The molecule has 1 N–H and O–H groups in total. The molecule has 0 radical (unpaired) electrons. The quantitative estimate of drug-likeness (QED) is 0.325. The van der Waals surface area contributed by atoms with Crippen LogP contribution in [0.3, 0.4) is 0 Å². The number of thioether (sulfide) groups is 1. The van der Waals surface area contributed by atoms with Gasteiger partial charge in [0.15, 0.2) is 5.96 Å². The molecule has 0 saturated heterocycles. The standard InChI is InChI=1S/C14H26N4S.HI/c1-5-15-14(16-9-7-11-19-4)18(3)12-13-8-6-10-17(13)2;/h6,8,10H,5,7,9,11-12H2,1-4H3,(H,15,16);1H. The summed E-state index contributed by atoms with van der Waals surface area (Å²) in [6.07, 6.45) is 5.34. The first kappa shape index (κ1) is 19.6. The molecule has 0 atom stereocenters. The Morgan fingerprint density at radius 3 is 2.80 bits per heavy atom. The lowest BCUT2D eigenvalue weighted by atomic mass is 10.4. The summed E-state index contributed by atoms with van der Waals surface area (Å²) in [5.74, 6) is 2.16. The maximum Gasteiger partial charge on any atom is 0.194 e. The molecule has 6 heteroatoms. The average Bonchev–Trinajstić information content (AvgIpc) is 2.79. The summed E-state index contributed by atoms with van der Waals surface area (Å²) in [6, 6.07) is 4.22. The number of nitrogens with one attached hydrogen (secondary N) is 1. The SMILES string of the molecule is CCNC(=NCCCSC)N(C)Cc1cccn1C.I. The lowest BCUT2D eigenvalue weighted by Crippen LogP contribution is -2.38. The molecule has 0 amide bonds. The molecular weight excluding hydrogens is 383 g/mol. The van der Waals surface area contributed by atoms with E-state index in [1.165, 1.54) is 11.4 Å². The first-order chi connectivity index (χ1) is 9.19. The first-order valence-corrected chi connectivity index (χ1v) is 8.17. The summed E-state index contributed by atoms with van der Waals surface area (Å²) < 4.78 is 2.15. The van der Waals surface area contributed by atoms with Crippen molar-refractivity contribution >= 4 is 41.7 Å². The largest absolute Gasteiger partial charge is 0.357 e. The maximum atomic E-state index is 4.67. The monoisotopic (exact) mass is 410 g/mol. The number of aliphatic imine (C=N–C) groups is 1.